The van der Waals surface area contributed by atoms with Crippen LogP contribution >= 0.6 is 39.5 Å². The molecule has 18 heavy (non-hydrogen) atoms. The van der Waals surface area contributed by atoms with Gasteiger partial charge in [-0.2, -0.15) is 4.98 Å². The molecule has 0 atom stereocenters. The molecule has 2 rings (SSSR count). The van der Waals surface area contributed by atoms with Crippen molar-refractivity contribution in [2.45, 2.75) is 0 Å². The van der Waals surface area contributed by atoms with Gasteiger partial charge in [-0.1, -0.05) is 24.1 Å². The van der Waals surface area contributed by atoms with E-state index < -0.39 is 0 Å². The fourth-order valence-electron chi connectivity index (χ4n) is 1.35. The summed E-state index contributed by atoms with van der Waals surface area (Å²) in [6, 6.07) is 7.85. The normalized spacial score (nSPS) is 10.2. The predicted octanol–water partition coefficient (Wildman–Crippen LogP) is 4.33. The molecule has 0 fully saturated rings. The first kappa shape index (κ1) is 13.5. The molecule has 0 unspecified atom stereocenters. The molecule has 1 heterocycles. The highest BCUT2D eigenvalue weighted by molar-refractivity contribution is 9.10. The molecule has 94 valence electrons. The van der Waals surface area contributed by atoms with Crippen molar-refractivity contribution in [3.63, 3.8) is 0 Å². The number of hydrogen-bond acceptors (Lipinski definition) is 5. The molecule has 0 spiro atoms. The minimum atomic E-state index is 0.205. The zero-order chi connectivity index (χ0) is 13.0. The van der Waals surface area contributed by atoms with Crippen LogP contribution in [0.5, 0.6) is 0 Å². The third-order valence-electron chi connectivity index (χ3n) is 2.11. The van der Waals surface area contributed by atoms with Crippen molar-refractivity contribution in [1.29, 1.82) is 0 Å². The molecule has 0 aliphatic carbocycles. The molecule has 2 aromatic rings. The number of nitrogens with one attached hydrogen (secondary N) is 2. The SMILES string of the molecule is CSNc1ccccc1Nc1nc(Cl)ncc1Br. The first-order valence-electron chi connectivity index (χ1n) is 5.04. The van der Waals surface area contributed by atoms with Crippen LogP contribution in [0.2, 0.25) is 5.28 Å². The molecule has 7 heteroatoms. The summed E-state index contributed by atoms with van der Waals surface area (Å²) in [4.78, 5) is 8.02. The van der Waals surface area contributed by atoms with Gasteiger partial charge < -0.3 is 10.0 Å². The number of nitrogens with zero attached hydrogens (tertiary/aromatic N) is 2. The van der Waals surface area contributed by atoms with Crippen LogP contribution in [0, 0.1) is 0 Å². The van der Waals surface area contributed by atoms with E-state index in [0.29, 0.717) is 5.82 Å². The third-order valence-corrected chi connectivity index (χ3v) is 3.29. The van der Waals surface area contributed by atoms with Crippen molar-refractivity contribution in [1.82, 2.24) is 9.97 Å². The van der Waals surface area contributed by atoms with Gasteiger partial charge >= 0.3 is 0 Å². The Morgan fingerprint density at radius 2 is 2.00 bits per heavy atom. The summed E-state index contributed by atoms with van der Waals surface area (Å²) in [7, 11) is 0. The average Bonchev–Trinajstić information content (AvgIpc) is 2.36. The summed E-state index contributed by atoms with van der Waals surface area (Å²) in [6.07, 6.45) is 3.58. The summed E-state index contributed by atoms with van der Waals surface area (Å²) in [5, 5.41) is 3.41. The highest BCUT2D eigenvalue weighted by atomic mass is 79.9. The Bertz CT molecular complexity index is 552. The van der Waals surface area contributed by atoms with Crippen molar-refractivity contribution in [3.05, 3.63) is 40.2 Å². The minimum absolute atomic E-state index is 0.205. The van der Waals surface area contributed by atoms with Crippen molar-refractivity contribution < 1.29 is 0 Å². The van der Waals surface area contributed by atoms with Gasteiger partial charge in [0.1, 0.15) is 5.82 Å². The first-order chi connectivity index (χ1) is 8.70. The van der Waals surface area contributed by atoms with Gasteiger partial charge in [0.2, 0.25) is 5.28 Å². The Morgan fingerprint density at radius 3 is 2.72 bits per heavy atom. The van der Waals surface area contributed by atoms with Crippen LogP contribution in [-0.4, -0.2) is 16.2 Å². The summed E-state index contributed by atoms with van der Waals surface area (Å²) >= 11 is 10.7. The van der Waals surface area contributed by atoms with E-state index in [-0.39, 0.29) is 5.28 Å². The molecule has 0 aliphatic rings. The molecule has 0 radical (unpaired) electrons. The highest BCUT2D eigenvalue weighted by Gasteiger charge is 2.07. The Hall–Kier alpha value is -0.980. The number of halogens is 2. The van der Waals surface area contributed by atoms with Gasteiger partial charge in [0.25, 0.3) is 0 Å². The van der Waals surface area contributed by atoms with Crippen molar-refractivity contribution in [2.75, 3.05) is 16.3 Å². The maximum Gasteiger partial charge on any atom is 0.224 e. The Kier molecular flexibility index (Phi) is 4.68. The van der Waals surface area contributed by atoms with E-state index >= 15 is 0 Å². The number of anilines is 3. The molecule has 0 saturated carbocycles. The Morgan fingerprint density at radius 1 is 1.28 bits per heavy atom. The summed E-state index contributed by atoms with van der Waals surface area (Å²) in [6.45, 7) is 0. The van der Waals surface area contributed by atoms with Gasteiger partial charge in [0, 0.05) is 12.5 Å². The van der Waals surface area contributed by atoms with Gasteiger partial charge in [-0.25, -0.2) is 4.98 Å². The van der Waals surface area contributed by atoms with E-state index in [2.05, 4.69) is 35.9 Å². The molecule has 0 saturated heterocycles. The van der Waals surface area contributed by atoms with Gasteiger partial charge in [-0.05, 0) is 39.7 Å². The van der Waals surface area contributed by atoms with E-state index in [4.69, 9.17) is 11.6 Å². The number of benzene rings is 1. The van der Waals surface area contributed by atoms with Gasteiger partial charge in [-0.3, -0.25) is 0 Å². The topological polar surface area (TPSA) is 49.8 Å². The monoisotopic (exact) mass is 344 g/mol. The van der Waals surface area contributed by atoms with Crippen LogP contribution in [-0.2, 0) is 0 Å². The lowest BCUT2D eigenvalue weighted by atomic mass is 10.3. The molecule has 0 aliphatic heterocycles. The van der Waals surface area contributed by atoms with Crippen LogP contribution in [0.25, 0.3) is 0 Å². The molecule has 1 aromatic heterocycles. The molecular formula is C11H10BrClN4S. The zero-order valence-corrected chi connectivity index (χ0v) is 12.6. The van der Waals surface area contributed by atoms with E-state index in [9.17, 15) is 0 Å². The summed E-state index contributed by atoms with van der Waals surface area (Å²) < 4.78 is 3.95. The zero-order valence-electron chi connectivity index (χ0n) is 9.45. The smallest absolute Gasteiger partial charge is 0.224 e. The first-order valence-corrected chi connectivity index (χ1v) is 7.43. The van der Waals surface area contributed by atoms with Gasteiger partial charge in [-0.15, -0.1) is 0 Å². The number of hydrogen-bond donors (Lipinski definition) is 2. The van der Waals surface area contributed by atoms with Crippen LogP contribution in [0.4, 0.5) is 17.2 Å². The van der Waals surface area contributed by atoms with Gasteiger partial charge in [0.05, 0.1) is 15.8 Å². The Balaban J connectivity index is 2.30. The molecule has 1 aromatic carbocycles. The van der Waals surface area contributed by atoms with E-state index in [0.717, 1.165) is 15.8 Å². The standard InChI is InChI=1S/C11H10BrClN4S/c1-18-17-9-5-3-2-4-8(9)15-10-7(12)6-14-11(13)16-10/h2-6,17H,1H3,(H,14,15,16). The fraction of sp³-hybridized carbons (Fsp3) is 0.0909. The van der Waals surface area contributed by atoms with Gasteiger partial charge in [0.15, 0.2) is 0 Å². The lowest BCUT2D eigenvalue weighted by molar-refractivity contribution is 1.15. The van der Waals surface area contributed by atoms with Crippen LogP contribution in [0.3, 0.4) is 0 Å². The fourth-order valence-corrected chi connectivity index (χ4v) is 2.17. The summed E-state index contributed by atoms with van der Waals surface area (Å²) in [5.41, 5.74) is 1.90. The maximum absolute atomic E-state index is 5.78. The quantitative estimate of drug-likeness (QED) is 0.638. The van der Waals surface area contributed by atoms with Crippen molar-refractivity contribution in [3.8, 4) is 0 Å². The second kappa shape index (κ2) is 6.26. The molecule has 0 amide bonds. The lowest BCUT2D eigenvalue weighted by Gasteiger charge is -2.12. The number of aromatic nitrogens is 2. The van der Waals surface area contributed by atoms with Crippen LogP contribution < -0.4 is 10.0 Å². The number of rotatable bonds is 4. The third kappa shape index (κ3) is 3.28. The van der Waals surface area contributed by atoms with E-state index in [1.165, 1.54) is 11.9 Å². The highest BCUT2D eigenvalue weighted by Crippen LogP contribution is 2.29. The second-order valence-corrected chi connectivity index (χ2v) is 5.12. The summed E-state index contributed by atoms with van der Waals surface area (Å²) in [5.74, 6) is 0.630. The predicted molar refractivity (Wildman–Crippen MR) is 81.6 cm³/mol. The Labute approximate surface area is 123 Å². The number of para-hydroxylation sites is 2. The lowest BCUT2D eigenvalue weighted by Crippen LogP contribution is -1.99. The molecule has 2 N–H and O–H groups in total. The van der Waals surface area contributed by atoms with Crippen molar-refractivity contribution >= 4 is 56.7 Å². The minimum Gasteiger partial charge on any atom is -0.337 e. The van der Waals surface area contributed by atoms with Crippen LogP contribution in [0.1, 0.15) is 0 Å². The maximum atomic E-state index is 5.78. The van der Waals surface area contributed by atoms with E-state index in [1.54, 1.807) is 6.20 Å². The molecule has 0 bridgehead atoms. The average molecular weight is 346 g/mol. The molecule has 4 nitrogen and oxygen atoms in total. The second-order valence-electron chi connectivity index (χ2n) is 3.31. The van der Waals surface area contributed by atoms with E-state index in [1.807, 2.05) is 30.5 Å². The van der Waals surface area contributed by atoms with Crippen molar-refractivity contribution in [2.24, 2.45) is 0 Å². The van der Waals surface area contributed by atoms with Crippen LogP contribution in [0.15, 0.2) is 34.9 Å². The molecular weight excluding hydrogens is 336 g/mol. The largest absolute Gasteiger partial charge is 0.337 e.